The maximum absolute atomic E-state index is 13.0. The maximum Gasteiger partial charge on any atom is 0.249 e. The van der Waals surface area contributed by atoms with E-state index in [9.17, 15) is 40.5 Å². The highest BCUT2D eigenvalue weighted by Crippen LogP contribution is 2.23. The van der Waals surface area contributed by atoms with E-state index in [1.165, 1.54) is 109 Å². The Kier molecular flexibility index (Phi) is 31.4. The van der Waals surface area contributed by atoms with Gasteiger partial charge in [0.1, 0.15) is 36.6 Å². The Morgan fingerprint density at radius 3 is 1.48 bits per heavy atom. The van der Waals surface area contributed by atoms with Crippen LogP contribution in [-0.2, 0) is 14.3 Å². The monoisotopic (exact) mass is 776 g/mol. The number of aliphatic hydroxyl groups is 7. The zero-order chi connectivity index (χ0) is 40.0. The molecule has 1 rings (SSSR count). The molecular formula is C43H85NO10. The topological polar surface area (TPSA) is 189 Å². The first-order chi connectivity index (χ1) is 26.0. The lowest BCUT2D eigenvalue weighted by Gasteiger charge is -2.40. The van der Waals surface area contributed by atoms with Gasteiger partial charge in [0.05, 0.1) is 25.4 Å². The molecule has 0 bridgehead atoms. The van der Waals surface area contributed by atoms with E-state index >= 15 is 0 Å². The summed E-state index contributed by atoms with van der Waals surface area (Å²) in [7, 11) is 0. The van der Waals surface area contributed by atoms with Gasteiger partial charge in [-0.3, -0.25) is 4.79 Å². The highest BCUT2D eigenvalue weighted by molar-refractivity contribution is 5.80. The predicted octanol–water partition coefficient (Wildman–Crippen LogP) is 6.58. The molecule has 0 saturated carbocycles. The van der Waals surface area contributed by atoms with Gasteiger partial charge in [0.15, 0.2) is 6.29 Å². The lowest BCUT2D eigenvalue weighted by Crippen LogP contribution is -2.60. The van der Waals surface area contributed by atoms with Crippen LogP contribution in [0.25, 0.3) is 0 Å². The summed E-state index contributed by atoms with van der Waals surface area (Å²) in [5, 5.41) is 75.5. The molecule has 322 valence electrons. The van der Waals surface area contributed by atoms with Crippen LogP contribution >= 0.6 is 0 Å². The maximum atomic E-state index is 13.0. The smallest absolute Gasteiger partial charge is 0.249 e. The van der Waals surface area contributed by atoms with Gasteiger partial charge < -0.3 is 50.5 Å². The number of hydrogen-bond acceptors (Lipinski definition) is 10. The second kappa shape index (κ2) is 33.1. The Labute approximate surface area is 329 Å². The summed E-state index contributed by atoms with van der Waals surface area (Å²) in [5.41, 5.74) is 0. The van der Waals surface area contributed by atoms with Gasteiger partial charge in [0, 0.05) is 0 Å². The van der Waals surface area contributed by atoms with Crippen LogP contribution in [0.5, 0.6) is 0 Å². The number of unbranched alkanes of at least 4 members (excludes halogenated alkanes) is 22. The van der Waals surface area contributed by atoms with Gasteiger partial charge in [-0.25, -0.2) is 0 Å². The van der Waals surface area contributed by atoms with Crippen molar-refractivity contribution in [2.45, 2.75) is 249 Å². The molecule has 1 aliphatic heterocycles. The molecule has 9 unspecified atom stereocenters. The minimum Gasteiger partial charge on any atom is -0.394 e. The minimum absolute atomic E-state index is 0.265. The molecule has 0 radical (unpaired) electrons. The van der Waals surface area contributed by atoms with Crippen molar-refractivity contribution in [2.75, 3.05) is 13.2 Å². The van der Waals surface area contributed by atoms with E-state index in [1.54, 1.807) is 0 Å². The number of amides is 1. The summed E-state index contributed by atoms with van der Waals surface area (Å²) in [4.78, 5) is 13.0. The molecule has 1 saturated heterocycles. The van der Waals surface area contributed by atoms with Gasteiger partial charge in [-0.05, 0) is 18.8 Å². The number of nitrogens with one attached hydrogen (secondary N) is 1. The molecule has 1 amide bonds. The van der Waals surface area contributed by atoms with Crippen molar-refractivity contribution in [2.24, 2.45) is 5.92 Å². The average molecular weight is 776 g/mol. The van der Waals surface area contributed by atoms with Crippen molar-refractivity contribution in [3.63, 3.8) is 0 Å². The molecule has 9 atom stereocenters. The van der Waals surface area contributed by atoms with Crippen molar-refractivity contribution >= 4 is 5.91 Å². The van der Waals surface area contributed by atoms with Crippen LogP contribution in [0.1, 0.15) is 194 Å². The average Bonchev–Trinajstić information content (AvgIpc) is 3.15. The predicted molar refractivity (Wildman–Crippen MR) is 215 cm³/mol. The Morgan fingerprint density at radius 1 is 0.611 bits per heavy atom. The third-order valence-electron chi connectivity index (χ3n) is 11.1. The molecule has 0 aromatic rings. The van der Waals surface area contributed by atoms with Crippen LogP contribution in [-0.4, -0.2) is 110 Å². The van der Waals surface area contributed by atoms with Crippen molar-refractivity contribution in [3.05, 3.63) is 0 Å². The van der Waals surface area contributed by atoms with Crippen LogP contribution in [0, 0.1) is 5.92 Å². The summed E-state index contributed by atoms with van der Waals surface area (Å²) < 4.78 is 11.1. The summed E-state index contributed by atoms with van der Waals surface area (Å²) in [6, 6.07) is -1.16. The number of carbonyl (C=O) groups is 1. The number of carbonyl (C=O) groups excluding carboxylic acids is 1. The summed E-state index contributed by atoms with van der Waals surface area (Å²) in [5.74, 6) is 0.0683. The Morgan fingerprint density at radius 2 is 1.04 bits per heavy atom. The van der Waals surface area contributed by atoms with E-state index in [0.29, 0.717) is 19.3 Å². The lowest BCUT2D eigenvalue weighted by atomic mass is 9.98. The van der Waals surface area contributed by atoms with Gasteiger partial charge in [-0.15, -0.1) is 0 Å². The second-order valence-electron chi connectivity index (χ2n) is 16.6. The van der Waals surface area contributed by atoms with E-state index in [2.05, 4.69) is 26.1 Å². The molecule has 0 aromatic carbocycles. The fraction of sp³-hybridized carbons (Fsp3) is 0.977. The standard InChI is InChI=1S/C43H85NO10/c1-4-5-6-7-8-9-10-11-12-13-14-17-21-24-27-30-36(47)42(52)44-34(32-53-43-41(51)40(50)39(49)37(31-45)54-43)38(48)35(46)29-26-23-20-18-15-16-19-22-25-28-33(2)3/h33-41,43,45-51H,4-32H2,1-3H3,(H,44,52). The Bertz CT molecular complexity index is 864. The zero-order valence-corrected chi connectivity index (χ0v) is 34.6. The van der Waals surface area contributed by atoms with E-state index in [1.807, 2.05) is 0 Å². The highest BCUT2D eigenvalue weighted by Gasteiger charge is 2.44. The largest absolute Gasteiger partial charge is 0.394 e. The van der Waals surface area contributed by atoms with E-state index in [0.717, 1.165) is 44.4 Å². The molecular weight excluding hydrogens is 690 g/mol. The molecule has 11 heteroatoms. The van der Waals surface area contributed by atoms with E-state index in [-0.39, 0.29) is 6.42 Å². The van der Waals surface area contributed by atoms with Gasteiger partial charge in [-0.2, -0.15) is 0 Å². The molecule has 1 heterocycles. The zero-order valence-electron chi connectivity index (χ0n) is 34.6. The number of rotatable bonds is 36. The first-order valence-electron chi connectivity index (χ1n) is 22.3. The van der Waals surface area contributed by atoms with Crippen LogP contribution in [0.15, 0.2) is 0 Å². The molecule has 0 aliphatic carbocycles. The van der Waals surface area contributed by atoms with Gasteiger partial charge in [-0.1, -0.05) is 181 Å². The Hall–Kier alpha value is -0.890. The third kappa shape index (κ3) is 24.0. The van der Waals surface area contributed by atoms with E-state index < -0.39 is 74.2 Å². The summed E-state index contributed by atoms with van der Waals surface area (Å²) >= 11 is 0. The van der Waals surface area contributed by atoms with Crippen molar-refractivity contribution in [1.82, 2.24) is 5.32 Å². The number of hydrogen-bond donors (Lipinski definition) is 8. The molecule has 8 N–H and O–H groups in total. The third-order valence-corrected chi connectivity index (χ3v) is 11.1. The fourth-order valence-electron chi connectivity index (χ4n) is 7.33. The van der Waals surface area contributed by atoms with Crippen LogP contribution in [0.2, 0.25) is 0 Å². The van der Waals surface area contributed by atoms with Gasteiger partial charge in [0.2, 0.25) is 5.91 Å². The number of ether oxygens (including phenoxy) is 2. The number of aliphatic hydroxyl groups excluding tert-OH is 7. The first-order valence-corrected chi connectivity index (χ1v) is 22.3. The quantitative estimate of drug-likeness (QED) is 0.0323. The van der Waals surface area contributed by atoms with Crippen LogP contribution in [0.4, 0.5) is 0 Å². The highest BCUT2D eigenvalue weighted by atomic mass is 16.7. The molecule has 1 aliphatic rings. The molecule has 1 fully saturated rings. The molecule has 0 aromatic heterocycles. The summed E-state index contributed by atoms with van der Waals surface area (Å²) in [6.45, 7) is 5.72. The van der Waals surface area contributed by atoms with Crippen LogP contribution in [0.3, 0.4) is 0 Å². The second-order valence-corrected chi connectivity index (χ2v) is 16.6. The normalized spacial score (nSPS) is 22.7. The van der Waals surface area contributed by atoms with E-state index in [4.69, 9.17) is 9.47 Å². The van der Waals surface area contributed by atoms with Gasteiger partial charge >= 0.3 is 0 Å². The Balaban J connectivity index is 2.48. The lowest BCUT2D eigenvalue weighted by molar-refractivity contribution is -0.303. The SMILES string of the molecule is CCCCCCCCCCCCCCCCCC(O)C(=O)NC(COC1OC(CO)C(O)C(O)C1O)C(O)C(O)CCCCCCCCCCCC(C)C. The van der Waals surface area contributed by atoms with Crippen molar-refractivity contribution in [3.8, 4) is 0 Å². The molecule has 0 spiro atoms. The van der Waals surface area contributed by atoms with Crippen LogP contribution < -0.4 is 5.32 Å². The molecule has 11 nitrogen and oxygen atoms in total. The molecule has 54 heavy (non-hydrogen) atoms. The van der Waals surface area contributed by atoms with Crippen molar-refractivity contribution < 1.29 is 50.0 Å². The van der Waals surface area contributed by atoms with Crippen molar-refractivity contribution in [1.29, 1.82) is 0 Å². The summed E-state index contributed by atoms with van der Waals surface area (Å²) in [6.07, 6.45) is 18.8. The van der Waals surface area contributed by atoms with Gasteiger partial charge in [0.25, 0.3) is 0 Å². The first kappa shape index (κ1) is 51.1. The fourth-order valence-corrected chi connectivity index (χ4v) is 7.33. The minimum atomic E-state index is -1.66.